The molecule has 1 aliphatic heterocycles. The van der Waals surface area contributed by atoms with E-state index in [0.29, 0.717) is 0 Å². The number of rotatable bonds is 0. The molecule has 0 amide bonds. The summed E-state index contributed by atoms with van der Waals surface area (Å²) < 4.78 is 0. The van der Waals surface area contributed by atoms with Crippen molar-refractivity contribution < 1.29 is 0 Å². The van der Waals surface area contributed by atoms with Crippen molar-refractivity contribution in [2.45, 2.75) is 6.42 Å². The average Bonchev–Trinajstić information content (AvgIpc) is 2.50. The molecular weight excluding hydrogens is 136 g/mol. The first kappa shape index (κ1) is 6.11. The molecule has 0 bridgehead atoms. The molecule has 0 aromatic heterocycles. The molecule has 2 aliphatic rings. The molecule has 2 heteroatoms. The number of nitrogens with zero attached hydrogens (tertiary/aromatic N) is 2. The van der Waals surface area contributed by atoms with Crippen LogP contribution in [0, 0.1) is 11.3 Å². The van der Waals surface area contributed by atoms with E-state index in [1.54, 1.807) is 6.21 Å². The van der Waals surface area contributed by atoms with Crippen LogP contribution in [0.5, 0.6) is 0 Å². The van der Waals surface area contributed by atoms with Gasteiger partial charge in [0.1, 0.15) is 0 Å². The average molecular weight is 142 g/mol. The van der Waals surface area contributed by atoms with Gasteiger partial charge in [-0.1, -0.05) is 0 Å². The fourth-order valence-electron chi connectivity index (χ4n) is 1.20. The third-order valence-corrected chi connectivity index (χ3v) is 1.79. The summed E-state index contributed by atoms with van der Waals surface area (Å²) in [6.45, 7) is 0. The van der Waals surface area contributed by atoms with Gasteiger partial charge in [-0.25, -0.2) is 0 Å². The van der Waals surface area contributed by atoms with Crippen LogP contribution in [0.1, 0.15) is 6.42 Å². The lowest BCUT2D eigenvalue weighted by molar-refractivity contribution is 1.13. The summed E-state index contributed by atoms with van der Waals surface area (Å²) >= 11 is 0. The number of hydrogen-bond donors (Lipinski definition) is 0. The molecule has 11 heavy (non-hydrogen) atoms. The van der Waals surface area contributed by atoms with Gasteiger partial charge in [-0.3, -0.25) is 4.99 Å². The molecule has 2 rings (SSSR count). The third kappa shape index (κ3) is 0.908. The number of aliphatic imine (C=N–C) groups is 1. The Balaban J connectivity index is 2.39. The Morgan fingerprint density at radius 1 is 1.36 bits per heavy atom. The summed E-state index contributed by atoms with van der Waals surface area (Å²) in [7, 11) is 0. The first-order valence-electron chi connectivity index (χ1n) is 3.45. The second-order valence-corrected chi connectivity index (χ2v) is 2.50. The van der Waals surface area contributed by atoms with Crippen LogP contribution in [0.4, 0.5) is 0 Å². The summed E-state index contributed by atoms with van der Waals surface area (Å²) in [5.41, 5.74) is 2.97. The van der Waals surface area contributed by atoms with Crippen LogP contribution in [0.25, 0.3) is 0 Å². The smallest absolute Gasteiger partial charge is 0.0950 e. The molecule has 0 saturated heterocycles. The zero-order valence-electron chi connectivity index (χ0n) is 5.91. The number of allylic oxidation sites excluding steroid dienone is 5. The van der Waals surface area contributed by atoms with Crippen LogP contribution >= 0.6 is 0 Å². The highest BCUT2D eigenvalue weighted by Gasteiger charge is 2.12. The van der Waals surface area contributed by atoms with Crippen LogP contribution in [-0.2, 0) is 0 Å². The van der Waals surface area contributed by atoms with Gasteiger partial charge in [0.2, 0.25) is 0 Å². The molecule has 0 spiro atoms. The maximum Gasteiger partial charge on any atom is 0.0950 e. The Hall–Kier alpha value is -1.62. The van der Waals surface area contributed by atoms with E-state index >= 15 is 0 Å². The first-order valence-corrected chi connectivity index (χ1v) is 3.45. The molecule has 2 nitrogen and oxygen atoms in total. The molecule has 0 saturated carbocycles. The molecule has 0 atom stereocenters. The Kier molecular flexibility index (Phi) is 1.23. The van der Waals surface area contributed by atoms with Gasteiger partial charge >= 0.3 is 0 Å². The Bertz CT molecular complexity index is 348. The van der Waals surface area contributed by atoms with Crippen molar-refractivity contribution in [1.82, 2.24) is 0 Å². The standard InChI is InChI=1S/C9H6N2/c10-6-7-1-2-9-8(5-7)3-4-11-9/h1-4H,5H2. The second kappa shape index (κ2) is 2.21. The quantitative estimate of drug-likeness (QED) is 0.507. The predicted octanol–water partition coefficient (Wildman–Crippen LogP) is 1.73. The van der Waals surface area contributed by atoms with Crippen molar-refractivity contribution in [3.05, 3.63) is 35.1 Å². The van der Waals surface area contributed by atoms with Crippen molar-refractivity contribution in [3.8, 4) is 6.07 Å². The molecule has 0 fully saturated rings. The van der Waals surface area contributed by atoms with Crippen molar-refractivity contribution in [2.24, 2.45) is 4.99 Å². The lowest BCUT2D eigenvalue weighted by Gasteiger charge is -2.06. The summed E-state index contributed by atoms with van der Waals surface area (Å²) in [6.07, 6.45) is 8.18. The number of nitriles is 1. The lowest BCUT2D eigenvalue weighted by atomic mass is 9.99. The summed E-state index contributed by atoms with van der Waals surface area (Å²) in [4.78, 5) is 4.12. The van der Waals surface area contributed by atoms with E-state index in [0.717, 1.165) is 23.3 Å². The Labute approximate surface area is 64.9 Å². The molecule has 0 aromatic carbocycles. The van der Waals surface area contributed by atoms with Crippen molar-refractivity contribution in [2.75, 3.05) is 0 Å². The summed E-state index contributed by atoms with van der Waals surface area (Å²) in [5.74, 6) is 0. The monoisotopic (exact) mass is 142 g/mol. The van der Waals surface area contributed by atoms with Crippen LogP contribution in [-0.4, -0.2) is 6.21 Å². The van der Waals surface area contributed by atoms with E-state index in [4.69, 9.17) is 5.26 Å². The maximum atomic E-state index is 8.60. The fourth-order valence-corrected chi connectivity index (χ4v) is 1.20. The zero-order chi connectivity index (χ0) is 7.68. The fraction of sp³-hybridized carbons (Fsp3) is 0.111. The molecular formula is C9H6N2. The zero-order valence-corrected chi connectivity index (χ0v) is 5.91. The normalized spacial score (nSPS) is 19.7. The van der Waals surface area contributed by atoms with Crippen molar-refractivity contribution in [3.63, 3.8) is 0 Å². The van der Waals surface area contributed by atoms with E-state index in [1.807, 2.05) is 18.2 Å². The topological polar surface area (TPSA) is 36.1 Å². The minimum absolute atomic E-state index is 0.738. The van der Waals surface area contributed by atoms with Gasteiger partial charge in [0.25, 0.3) is 0 Å². The van der Waals surface area contributed by atoms with Crippen molar-refractivity contribution >= 4 is 6.21 Å². The highest BCUT2D eigenvalue weighted by Crippen LogP contribution is 2.26. The van der Waals surface area contributed by atoms with Crippen LogP contribution < -0.4 is 0 Å². The van der Waals surface area contributed by atoms with E-state index in [1.165, 1.54) is 0 Å². The van der Waals surface area contributed by atoms with Gasteiger partial charge in [-0.05, 0) is 23.8 Å². The van der Waals surface area contributed by atoms with E-state index in [9.17, 15) is 0 Å². The molecule has 0 aromatic rings. The largest absolute Gasteiger partial charge is 0.257 e. The summed E-state index contributed by atoms with van der Waals surface area (Å²) in [6, 6.07) is 2.14. The molecule has 1 heterocycles. The van der Waals surface area contributed by atoms with Crippen LogP contribution in [0.3, 0.4) is 0 Å². The molecule has 52 valence electrons. The first-order chi connectivity index (χ1) is 5.40. The van der Waals surface area contributed by atoms with Gasteiger partial charge in [-0.2, -0.15) is 5.26 Å². The minimum Gasteiger partial charge on any atom is -0.257 e. The van der Waals surface area contributed by atoms with Gasteiger partial charge in [0, 0.05) is 18.2 Å². The Morgan fingerprint density at radius 3 is 3.09 bits per heavy atom. The summed E-state index contributed by atoms with van der Waals surface area (Å²) in [5, 5.41) is 8.60. The predicted molar refractivity (Wildman–Crippen MR) is 43.0 cm³/mol. The Morgan fingerprint density at radius 2 is 2.27 bits per heavy atom. The molecule has 0 N–H and O–H groups in total. The minimum atomic E-state index is 0.738. The highest BCUT2D eigenvalue weighted by atomic mass is 14.8. The van der Waals surface area contributed by atoms with E-state index < -0.39 is 0 Å². The third-order valence-electron chi connectivity index (χ3n) is 1.79. The van der Waals surface area contributed by atoms with Crippen LogP contribution in [0.2, 0.25) is 0 Å². The maximum absolute atomic E-state index is 8.60. The van der Waals surface area contributed by atoms with Gasteiger partial charge in [0.15, 0.2) is 0 Å². The van der Waals surface area contributed by atoms with Crippen molar-refractivity contribution in [1.29, 1.82) is 5.26 Å². The molecule has 1 aliphatic carbocycles. The van der Waals surface area contributed by atoms with E-state index in [-0.39, 0.29) is 0 Å². The van der Waals surface area contributed by atoms with Gasteiger partial charge in [0.05, 0.1) is 11.8 Å². The molecule has 0 radical (unpaired) electrons. The number of hydrogen-bond acceptors (Lipinski definition) is 2. The number of fused-ring (bicyclic) bond motifs is 1. The second-order valence-electron chi connectivity index (χ2n) is 2.50. The van der Waals surface area contributed by atoms with Crippen LogP contribution in [0.15, 0.2) is 40.1 Å². The highest BCUT2D eigenvalue weighted by molar-refractivity contribution is 5.80. The van der Waals surface area contributed by atoms with Gasteiger partial charge < -0.3 is 0 Å². The molecule has 0 unspecified atom stereocenters. The van der Waals surface area contributed by atoms with Gasteiger partial charge in [-0.15, -0.1) is 0 Å². The lowest BCUT2D eigenvalue weighted by Crippen LogP contribution is -1.91. The van der Waals surface area contributed by atoms with E-state index in [2.05, 4.69) is 11.1 Å². The SMILES string of the molecule is N#CC1=CC=C2N=CC=C2C1.